The molecule has 0 aliphatic carbocycles. The molecule has 0 spiro atoms. The Morgan fingerprint density at radius 1 is 1.00 bits per heavy atom. The van der Waals surface area contributed by atoms with E-state index < -0.39 is 6.10 Å². The first-order valence-corrected chi connectivity index (χ1v) is 6.10. The van der Waals surface area contributed by atoms with E-state index in [4.69, 9.17) is 4.74 Å². The zero-order valence-corrected chi connectivity index (χ0v) is 11.0. The Bertz CT molecular complexity index is 527. The van der Waals surface area contributed by atoms with E-state index in [9.17, 15) is 5.11 Å². The summed E-state index contributed by atoms with van der Waals surface area (Å²) in [5.74, 6) is 1.66. The maximum absolute atomic E-state index is 9.44. The lowest BCUT2D eigenvalue weighted by Crippen LogP contribution is -1.92. The van der Waals surface area contributed by atoms with Crippen molar-refractivity contribution >= 4 is 0 Å². The molecule has 18 heavy (non-hydrogen) atoms. The fourth-order valence-corrected chi connectivity index (χ4v) is 1.78. The van der Waals surface area contributed by atoms with Gasteiger partial charge in [0.05, 0.1) is 6.10 Å². The van der Waals surface area contributed by atoms with Crippen LogP contribution in [0.1, 0.15) is 29.7 Å². The maximum Gasteiger partial charge on any atom is 0.130 e. The molecular formula is C16H18O2. The van der Waals surface area contributed by atoms with Gasteiger partial charge in [-0.1, -0.05) is 24.3 Å². The fraction of sp³-hybridized carbons (Fsp3) is 0.250. The van der Waals surface area contributed by atoms with E-state index >= 15 is 0 Å². The van der Waals surface area contributed by atoms with E-state index in [0.717, 1.165) is 22.6 Å². The molecule has 0 radical (unpaired) electrons. The number of aliphatic hydroxyl groups is 1. The van der Waals surface area contributed by atoms with Crippen LogP contribution in [-0.2, 0) is 0 Å². The average molecular weight is 242 g/mol. The van der Waals surface area contributed by atoms with Gasteiger partial charge in [0, 0.05) is 0 Å². The molecular weight excluding hydrogens is 224 g/mol. The summed E-state index contributed by atoms with van der Waals surface area (Å²) in [6.45, 7) is 5.87. The molecule has 0 aliphatic rings. The van der Waals surface area contributed by atoms with Crippen LogP contribution in [0.25, 0.3) is 0 Å². The van der Waals surface area contributed by atoms with Gasteiger partial charge in [-0.2, -0.15) is 0 Å². The second kappa shape index (κ2) is 5.23. The van der Waals surface area contributed by atoms with Gasteiger partial charge in [0.1, 0.15) is 11.5 Å². The predicted molar refractivity (Wildman–Crippen MR) is 73.1 cm³/mol. The third-order valence-corrected chi connectivity index (χ3v) is 3.15. The smallest absolute Gasteiger partial charge is 0.130 e. The van der Waals surface area contributed by atoms with Gasteiger partial charge in [-0.15, -0.1) is 0 Å². The Hall–Kier alpha value is -1.80. The highest BCUT2D eigenvalue weighted by Gasteiger charge is 2.04. The monoisotopic (exact) mass is 242 g/mol. The molecule has 2 aromatic carbocycles. The van der Waals surface area contributed by atoms with Crippen molar-refractivity contribution in [2.24, 2.45) is 0 Å². The number of hydrogen-bond acceptors (Lipinski definition) is 2. The largest absolute Gasteiger partial charge is 0.457 e. The molecule has 0 aliphatic heterocycles. The quantitative estimate of drug-likeness (QED) is 0.876. The Morgan fingerprint density at radius 3 is 2.28 bits per heavy atom. The lowest BCUT2D eigenvalue weighted by Gasteiger charge is -2.11. The number of hydrogen-bond donors (Lipinski definition) is 1. The van der Waals surface area contributed by atoms with Crippen molar-refractivity contribution in [3.63, 3.8) is 0 Å². The zero-order valence-electron chi connectivity index (χ0n) is 11.0. The summed E-state index contributed by atoms with van der Waals surface area (Å²) >= 11 is 0. The van der Waals surface area contributed by atoms with Gasteiger partial charge < -0.3 is 9.84 Å². The van der Waals surface area contributed by atoms with Crippen LogP contribution in [0, 0.1) is 13.8 Å². The predicted octanol–water partition coefficient (Wildman–Crippen LogP) is 4.15. The molecule has 2 heteroatoms. The zero-order chi connectivity index (χ0) is 13.1. The van der Waals surface area contributed by atoms with Crippen LogP contribution in [0.3, 0.4) is 0 Å². The second-order valence-corrected chi connectivity index (χ2v) is 4.55. The number of aryl methyl sites for hydroxylation is 1. The molecule has 0 bridgehead atoms. The molecule has 2 rings (SSSR count). The van der Waals surface area contributed by atoms with Gasteiger partial charge in [-0.05, 0) is 55.7 Å². The van der Waals surface area contributed by atoms with Gasteiger partial charge in [-0.25, -0.2) is 0 Å². The van der Waals surface area contributed by atoms with E-state index in [-0.39, 0.29) is 0 Å². The van der Waals surface area contributed by atoms with Gasteiger partial charge >= 0.3 is 0 Å². The Kier molecular flexibility index (Phi) is 3.68. The van der Waals surface area contributed by atoms with E-state index in [1.54, 1.807) is 6.92 Å². The minimum atomic E-state index is -0.445. The van der Waals surface area contributed by atoms with E-state index in [0.29, 0.717) is 0 Å². The molecule has 1 atom stereocenters. The van der Waals surface area contributed by atoms with E-state index in [2.05, 4.69) is 19.9 Å². The topological polar surface area (TPSA) is 29.5 Å². The van der Waals surface area contributed by atoms with Gasteiger partial charge in [0.2, 0.25) is 0 Å². The van der Waals surface area contributed by atoms with Crippen LogP contribution in [0.2, 0.25) is 0 Å². The normalized spacial score (nSPS) is 12.2. The third kappa shape index (κ3) is 2.71. The lowest BCUT2D eigenvalue weighted by atomic mass is 10.1. The van der Waals surface area contributed by atoms with Crippen molar-refractivity contribution in [3.05, 3.63) is 59.2 Å². The van der Waals surface area contributed by atoms with Crippen LogP contribution >= 0.6 is 0 Å². The first-order chi connectivity index (χ1) is 8.58. The Morgan fingerprint density at radius 2 is 1.67 bits per heavy atom. The number of rotatable bonds is 3. The first-order valence-electron chi connectivity index (χ1n) is 6.10. The van der Waals surface area contributed by atoms with E-state index in [1.165, 1.54) is 5.56 Å². The number of aliphatic hydroxyl groups excluding tert-OH is 1. The molecule has 1 N–H and O–H groups in total. The van der Waals surface area contributed by atoms with Crippen LogP contribution < -0.4 is 4.74 Å². The van der Waals surface area contributed by atoms with Crippen molar-refractivity contribution in [1.29, 1.82) is 0 Å². The molecule has 94 valence electrons. The van der Waals surface area contributed by atoms with Gasteiger partial charge in [0.25, 0.3) is 0 Å². The molecule has 0 aromatic heterocycles. The molecule has 2 aromatic rings. The third-order valence-electron chi connectivity index (χ3n) is 3.15. The molecule has 2 nitrogen and oxygen atoms in total. The average Bonchev–Trinajstić information content (AvgIpc) is 2.36. The molecule has 0 saturated carbocycles. The molecule has 0 amide bonds. The Labute approximate surface area is 108 Å². The SMILES string of the molecule is Cc1cccc(Oc2ccc(C(C)O)cc2)c1C. The van der Waals surface area contributed by atoms with Gasteiger partial charge in [0.15, 0.2) is 0 Å². The van der Waals surface area contributed by atoms with Crippen molar-refractivity contribution in [2.75, 3.05) is 0 Å². The lowest BCUT2D eigenvalue weighted by molar-refractivity contribution is 0.199. The van der Waals surface area contributed by atoms with E-state index in [1.807, 2.05) is 36.4 Å². The minimum absolute atomic E-state index is 0.445. The van der Waals surface area contributed by atoms with Crippen molar-refractivity contribution in [1.82, 2.24) is 0 Å². The summed E-state index contributed by atoms with van der Waals surface area (Å²) in [6.07, 6.45) is -0.445. The number of ether oxygens (including phenoxy) is 1. The van der Waals surface area contributed by atoms with Gasteiger partial charge in [-0.3, -0.25) is 0 Å². The highest BCUT2D eigenvalue weighted by Crippen LogP contribution is 2.27. The molecule has 0 fully saturated rings. The summed E-state index contributed by atoms with van der Waals surface area (Å²) in [5, 5.41) is 9.44. The summed E-state index contributed by atoms with van der Waals surface area (Å²) in [6, 6.07) is 13.5. The molecule has 1 unspecified atom stereocenters. The van der Waals surface area contributed by atoms with Crippen LogP contribution in [0.5, 0.6) is 11.5 Å². The van der Waals surface area contributed by atoms with Crippen LogP contribution in [0.4, 0.5) is 0 Å². The Balaban J connectivity index is 2.21. The maximum atomic E-state index is 9.44. The fourth-order valence-electron chi connectivity index (χ4n) is 1.78. The summed E-state index contributed by atoms with van der Waals surface area (Å²) in [7, 11) is 0. The van der Waals surface area contributed by atoms with Crippen molar-refractivity contribution in [3.8, 4) is 11.5 Å². The highest BCUT2D eigenvalue weighted by atomic mass is 16.5. The summed E-state index contributed by atoms with van der Waals surface area (Å²) in [5.41, 5.74) is 3.26. The first kappa shape index (κ1) is 12.7. The summed E-state index contributed by atoms with van der Waals surface area (Å²) < 4.78 is 5.84. The minimum Gasteiger partial charge on any atom is -0.457 e. The van der Waals surface area contributed by atoms with Crippen LogP contribution in [-0.4, -0.2) is 5.11 Å². The van der Waals surface area contributed by atoms with Crippen molar-refractivity contribution < 1.29 is 9.84 Å². The standard InChI is InChI=1S/C16H18O2/c1-11-5-4-6-16(12(11)2)18-15-9-7-14(8-10-15)13(3)17/h4-10,13,17H,1-3H3. The van der Waals surface area contributed by atoms with Crippen LogP contribution in [0.15, 0.2) is 42.5 Å². The second-order valence-electron chi connectivity index (χ2n) is 4.55. The number of benzene rings is 2. The van der Waals surface area contributed by atoms with Crippen molar-refractivity contribution in [2.45, 2.75) is 26.9 Å². The molecule has 0 saturated heterocycles. The highest BCUT2D eigenvalue weighted by molar-refractivity contribution is 5.41. The summed E-state index contributed by atoms with van der Waals surface area (Å²) in [4.78, 5) is 0. The molecule has 0 heterocycles.